The normalized spacial score (nSPS) is 14.1. The van der Waals surface area contributed by atoms with Gasteiger partial charge < -0.3 is 24.6 Å². The summed E-state index contributed by atoms with van der Waals surface area (Å²) in [4.78, 5) is 23.4. The van der Waals surface area contributed by atoms with Crippen molar-refractivity contribution in [3.05, 3.63) is 42.5 Å². The fraction of sp³-hybridized carbons (Fsp3) is 0.304. The van der Waals surface area contributed by atoms with Gasteiger partial charge in [0.25, 0.3) is 0 Å². The minimum Gasteiger partial charge on any atom is -0.493 e. The molecule has 0 unspecified atom stereocenters. The highest BCUT2D eigenvalue weighted by Crippen LogP contribution is 2.35. The standard InChI is InChI=1S/C23H25N7O2/c1-24-21-15-13-19(31-2)20(32-3)14-18(15)27-23(28-21)30-11-9-29(10-12-30)22-25-16-7-5-4-6-8-17(16)26-22/h4-8,13-14H,9-12H2,1-3H3,(H,24,27,28). The quantitative estimate of drug-likeness (QED) is 0.512. The van der Waals surface area contributed by atoms with Crippen LogP contribution in [0.4, 0.5) is 17.7 Å². The molecule has 5 rings (SSSR count). The second kappa shape index (κ2) is 8.33. The summed E-state index contributed by atoms with van der Waals surface area (Å²) in [6.45, 7) is 3.15. The summed E-state index contributed by atoms with van der Waals surface area (Å²) in [5.74, 6) is 3.52. The van der Waals surface area contributed by atoms with E-state index in [2.05, 4.69) is 15.1 Å². The minimum atomic E-state index is 0.644. The van der Waals surface area contributed by atoms with E-state index in [-0.39, 0.29) is 0 Å². The van der Waals surface area contributed by atoms with Crippen molar-refractivity contribution in [1.29, 1.82) is 0 Å². The van der Waals surface area contributed by atoms with Crippen molar-refractivity contribution in [2.24, 2.45) is 0 Å². The first kappa shape index (κ1) is 20.0. The number of anilines is 3. The largest absolute Gasteiger partial charge is 0.493 e. The van der Waals surface area contributed by atoms with Gasteiger partial charge in [-0.25, -0.2) is 15.0 Å². The molecule has 9 heteroatoms. The number of nitrogens with one attached hydrogen (secondary N) is 1. The van der Waals surface area contributed by atoms with Crippen LogP contribution >= 0.6 is 0 Å². The van der Waals surface area contributed by atoms with E-state index in [1.54, 1.807) is 14.2 Å². The van der Waals surface area contributed by atoms with Gasteiger partial charge in [-0.2, -0.15) is 4.98 Å². The maximum absolute atomic E-state index is 5.46. The smallest absolute Gasteiger partial charge is 0.228 e. The number of imidazole rings is 1. The number of nitrogens with zero attached hydrogens (tertiary/aromatic N) is 6. The van der Waals surface area contributed by atoms with Crippen LogP contribution in [0.3, 0.4) is 0 Å². The van der Waals surface area contributed by atoms with E-state index in [0.29, 0.717) is 17.4 Å². The lowest BCUT2D eigenvalue weighted by Gasteiger charge is -2.34. The first-order valence-electron chi connectivity index (χ1n) is 10.5. The third-order valence-electron chi connectivity index (χ3n) is 5.71. The average Bonchev–Trinajstić information content (AvgIpc) is 3.12. The van der Waals surface area contributed by atoms with Gasteiger partial charge in [0.05, 0.1) is 31.1 Å². The number of ether oxygens (including phenoxy) is 2. The molecular weight excluding hydrogens is 406 g/mol. The lowest BCUT2D eigenvalue weighted by molar-refractivity contribution is 0.356. The zero-order valence-electron chi connectivity index (χ0n) is 18.4. The summed E-state index contributed by atoms with van der Waals surface area (Å²) in [5, 5.41) is 4.07. The summed E-state index contributed by atoms with van der Waals surface area (Å²) >= 11 is 0. The van der Waals surface area contributed by atoms with Gasteiger partial charge in [-0.05, 0) is 18.2 Å². The summed E-state index contributed by atoms with van der Waals surface area (Å²) in [6, 6.07) is 13.7. The summed E-state index contributed by atoms with van der Waals surface area (Å²) in [7, 11) is 5.10. The molecular formula is C23H25N7O2. The van der Waals surface area contributed by atoms with Gasteiger partial charge in [0.2, 0.25) is 11.9 Å². The van der Waals surface area contributed by atoms with Crippen LogP contribution in [-0.4, -0.2) is 67.4 Å². The molecule has 3 aliphatic rings. The summed E-state index contributed by atoms with van der Waals surface area (Å²) in [6.07, 6.45) is 0. The van der Waals surface area contributed by atoms with Crippen LogP contribution in [0.25, 0.3) is 22.3 Å². The van der Waals surface area contributed by atoms with E-state index < -0.39 is 0 Å². The molecule has 1 aliphatic carbocycles. The van der Waals surface area contributed by atoms with E-state index in [9.17, 15) is 0 Å². The Balaban J connectivity index is 1.40. The number of aromatic nitrogens is 4. The van der Waals surface area contributed by atoms with Crippen molar-refractivity contribution >= 4 is 28.6 Å². The monoisotopic (exact) mass is 431 g/mol. The Bertz CT molecular complexity index is 1190. The second-order valence-corrected chi connectivity index (χ2v) is 7.53. The molecule has 1 aromatic carbocycles. The van der Waals surface area contributed by atoms with Crippen LogP contribution in [0, 0.1) is 0 Å². The highest BCUT2D eigenvalue weighted by molar-refractivity contribution is 5.92. The molecule has 164 valence electrons. The lowest BCUT2D eigenvalue weighted by Crippen LogP contribution is -2.47. The molecule has 1 N–H and O–H groups in total. The summed E-state index contributed by atoms with van der Waals surface area (Å²) < 4.78 is 10.9. The van der Waals surface area contributed by atoms with Crippen LogP contribution < -0.4 is 24.6 Å². The van der Waals surface area contributed by atoms with Gasteiger partial charge in [0.1, 0.15) is 5.82 Å². The Morgan fingerprint density at radius 3 is 1.88 bits per heavy atom. The predicted octanol–water partition coefficient (Wildman–Crippen LogP) is 2.91. The summed E-state index contributed by atoms with van der Waals surface area (Å²) in [5.41, 5.74) is 2.62. The minimum absolute atomic E-state index is 0.644. The second-order valence-electron chi connectivity index (χ2n) is 7.53. The van der Waals surface area contributed by atoms with Crippen molar-refractivity contribution in [2.45, 2.75) is 0 Å². The first-order chi connectivity index (χ1) is 15.7. The molecule has 0 atom stereocenters. The topological polar surface area (TPSA) is 88.5 Å². The SMILES string of the molecule is CNc1nc(N2CCN(c3nc4cccccc-4n3)CC2)nc2cc(OC)c(OC)cc12. The molecule has 1 fully saturated rings. The van der Waals surface area contributed by atoms with E-state index in [1.807, 2.05) is 49.5 Å². The fourth-order valence-corrected chi connectivity index (χ4v) is 3.98. The highest BCUT2D eigenvalue weighted by atomic mass is 16.5. The number of benzene rings is 1. The zero-order valence-corrected chi connectivity index (χ0v) is 18.4. The Morgan fingerprint density at radius 1 is 0.750 bits per heavy atom. The zero-order chi connectivity index (χ0) is 22.1. The van der Waals surface area contributed by atoms with Gasteiger partial charge in [0, 0.05) is 44.7 Å². The van der Waals surface area contributed by atoms with Crippen molar-refractivity contribution < 1.29 is 9.47 Å². The number of rotatable bonds is 5. The number of fused-ring (bicyclic) bond motifs is 2. The molecule has 0 radical (unpaired) electrons. The van der Waals surface area contributed by atoms with Gasteiger partial charge in [0.15, 0.2) is 11.5 Å². The number of hydrogen-bond donors (Lipinski definition) is 1. The molecule has 0 bridgehead atoms. The Kier molecular flexibility index (Phi) is 5.22. The predicted molar refractivity (Wildman–Crippen MR) is 125 cm³/mol. The first-order valence-corrected chi connectivity index (χ1v) is 10.5. The van der Waals surface area contributed by atoms with Crippen molar-refractivity contribution in [3.8, 4) is 22.9 Å². The van der Waals surface area contributed by atoms with Gasteiger partial charge in [-0.1, -0.05) is 18.2 Å². The lowest BCUT2D eigenvalue weighted by atomic mass is 10.2. The molecule has 3 heterocycles. The number of hydrogen-bond acceptors (Lipinski definition) is 9. The van der Waals surface area contributed by atoms with E-state index in [1.165, 1.54) is 0 Å². The van der Waals surface area contributed by atoms with Crippen LogP contribution in [0.1, 0.15) is 0 Å². The third kappa shape index (κ3) is 3.55. The van der Waals surface area contributed by atoms with E-state index >= 15 is 0 Å². The molecule has 1 aromatic heterocycles. The van der Waals surface area contributed by atoms with E-state index in [0.717, 1.165) is 60.2 Å². The average molecular weight is 432 g/mol. The van der Waals surface area contributed by atoms with Crippen LogP contribution in [-0.2, 0) is 0 Å². The van der Waals surface area contributed by atoms with Crippen LogP contribution in [0.5, 0.6) is 11.5 Å². The Morgan fingerprint density at radius 2 is 1.31 bits per heavy atom. The fourth-order valence-electron chi connectivity index (χ4n) is 3.98. The van der Waals surface area contributed by atoms with Crippen LogP contribution in [0.2, 0.25) is 0 Å². The Labute approximate surface area is 186 Å². The van der Waals surface area contributed by atoms with Gasteiger partial charge in [-0.15, -0.1) is 0 Å². The molecule has 9 nitrogen and oxygen atoms in total. The van der Waals surface area contributed by atoms with Gasteiger partial charge >= 0.3 is 0 Å². The van der Waals surface area contributed by atoms with Crippen molar-refractivity contribution in [1.82, 2.24) is 19.9 Å². The molecule has 0 spiro atoms. The number of piperazine rings is 1. The van der Waals surface area contributed by atoms with Crippen LogP contribution in [0.15, 0.2) is 42.5 Å². The van der Waals surface area contributed by atoms with Crippen molar-refractivity contribution in [3.63, 3.8) is 0 Å². The molecule has 32 heavy (non-hydrogen) atoms. The molecule has 2 aliphatic heterocycles. The maximum Gasteiger partial charge on any atom is 0.228 e. The molecule has 0 amide bonds. The molecule has 0 saturated carbocycles. The molecule has 2 aromatic rings. The Hall–Kier alpha value is -3.88. The molecule has 1 saturated heterocycles. The van der Waals surface area contributed by atoms with E-state index in [4.69, 9.17) is 29.4 Å². The maximum atomic E-state index is 5.46. The van der Waals surface area contributed by atoms with Gasteiger partial charge in [-0.3, -0.25) is 0 Å². The number of methoxy groups -OCH3 is 2. The third-order valence-corrected chi connectivity index (χ3v) is 5.71. The highest BCUT2D eigenvalue weighted by Gasteiger charge is 2.24. The van der Waals surface area contributed by atoms with Crippen molar-refractivity contribution in [2.75, 3.05) is 62.6 Å².